The molecule has 0 saturated heterocycles. The van der Waals surface area contributed by atoms with Crippen LogP contribution in [0, 0.1) is 0 Å². The van der Waals surface area contributed by atoms with Gasteiger partial charge in [0.15, 0.2) is 0 Å². The molecular formula is C39H50N2. The van der Waals surface area contributed by atoms with Crippen molar-refractivity contribution in [3.63, 3.8) is 0 Å². The van der Waals surface area contributed by atoms with Crippen molar-refractivity contribution in [2.45, 2.75) is 97.3 Å². The summed E-state index contributed by atoms with van der Waals surface area (Å²) in [6.07, 6.45) is 15.2. The Morgan fingerprint density at radius 2 is 0.732 bits per heavy atom. The van der Waals surface area contributed by atoms with Crippen LogP contribution in [0.1, 0.15) is 103 Å². The van der Waals surface area contributed by atoms with E-state index in [0.717, 1.165) is 49.9 Å². The largest absolute Gasteiger partial charge is 0.399 e. The summed E-state index contributed by atoms with van der Waals surface area (Å²) in [6.45, 7) is 4.41. The first-order valence-electron chi connectivity index (χ1n) is 15.9. The summed E-state index contributed by atoms with van der Waals surface area (Å²) in [5.74, 6) is 0. The van der Waals surface area contributed by atoms with Crippen LogP contribution in [0.5, 0.6) is 0 Å². The van der Waals surface area contributed by atoms with Crippen molar-refractivity contribution in [1.29, 1.82) is 0 Å². The van der Waals surface area contributed by atoms with Crippen LogP contribution in [-0.4, -0.2) is 0 Å². The Morgan fingerprint density at radius 3 is 1.12 bits per heavy atom. The molecule has 0 radical (unpaired) electrons. The summed E-state index contributed by atoms with van der Waals surface area (Å²) in [5, 5.41) is 0. The molecule has 4 N–H and O–H groups in total. The quantitative estimate of drug-likeness (QED) is 0.109. The lowest BCUT2D eigenvalue weighted by Gasteiger charge is -2.09. The lowest BCUT2D eigenvalue weighted by atomic mass is 9.97. The van der Waals surface area contributed by atoms with Gasteiger partial charge in [-0.25, -0.2) is 0 Å². The Labute approximate surface area is 249 Å². The fourth-order valence-electron chi connectivity index (χ4n) is 5.82. The zero-order valence-corrected chi connectivity index (χ0v) is 25.4. The van der Waals surface area contributed by atoms with Crippen molar-refractivity contribution in [3.8, 4) is 0 Å². The number of benzene rings is 4. The van der Waals surface area contributed by atoms with E-state index in [2.05, 4.69) is 98.8 Å². The third-order valence-corrected chi connectivity index (χ3v) is 8.25. The molecule has 0 unspecified atom stereocenters. The minimum atomic E-state index is 0.923. The standard InChI is InChI=1S/C39H50N2/c1-3-10-36-28-34(22-24-38(36)40)26-32-18-14-30(15-19-32)12-8-6-5-7-9-13-31-16-20-33(21-17-31)27-35-23-25-39(41)37(29-35)11-4-2/h14-25,28-29H,3-13,26-27,40-41H2,1-2H3. The third kappa shape index (κ3) is 9.81. The van der Waals surface area contributed by atoms with E-state index >= 15 is 0 Å². The number of anilines is 2. The molecule has 0 saturated carbocycles. The molecule has 4 aromatic carbocycles. The number of nitrogens with two attached hydrogens (primary N) is 2. The monoisotopic (exact) mass is 546 g/mol. The molecule has 0 aliphatic carbocycles. The van der Waals surface area contributed by atoms with Gasteiger partial charge in [-0.05, 0) is 108 Å². The highest BCUT2D eigenvalue weighted by atomic mass is 14.6. The van der Waals surface area contributed by atoms with E-state index in [9.17, 15) is 0 Å². The van der Waals surface area contributed by atoms with E-state index in [1.54, 1.807) is 0 Å². The van der Waals surface area contributed by atoms with Crippen LogP contribution >= 0.6 is 0 Å². The van der Waals surface area contributed by atoms with Gasteiger partial charge in [-0.3, -0.25) is 0 Å². The van der Waals surface area contributed by atoms with E-state index < -0.39 is 0 Å². The SMILES string of the molecule is CCCc1cc(Cc2ccc(CCCCCCCc3ccc(Cc4ccc(N)c(CCC)c4)cc3)cc2)ccc1N. The molecule has 2 heteroatoms. The summed E-state index contributed by atoms with van der Waals surface area (Å²) in [4.78, 5) is 0. The molecule has 41 heavy (non-hydrogen) atoms. The summed E-state index contributed by atoms with van der Waals surface area (Å²) in [6, 6.07) is 31.5. The van der Waals surface area contributed by atoms with Gasteiger partial charge >= 0.3 is 0 Å². The van der Waals surface area contributed by atoms with Crippen LogP contribution in [0.4, 0.5) is 11.4 Å². The van der Waals surface area contributed by atoms with Crippen LogP contribution in [0.3, 0.4) is 0 Å². The van der Waals surface area contributed by atoms with E-state index in [1.165, 1.54) is 89.5 Å². The number of hydrogen-bond donors (Lipinski definition) is 2. The van der Waals surface area contributed by atoms with Crippen molar-refractivity contribution >= 4 is 11.4 Å². The van der Waals surface area contributed by atoms with Gasteiger partial charge < -0.3 is 11.5 Å². The number of nitrogen functional groups attached to an aromatic ring is 2. The van der Waals surface area contributed by atoms with Gasteiger partial charge in [-0.15, -0.1) is 0 Å². The van der Waals surface area contributed by atoms with Gasteiger partial charge in [0, 0.05) is 11.4 Å². The summed E-state index contributed by atoms with van der Waals surface area (Å²) in [7, 11) is 0. The highest BCUT2D eigenvalue weighted by Crippen LogP contribution is 2.21. The maximum Gasteiger partial charge on any atom is 0.0346 e. The second-order valence-electron chi connectivity index (χ2n) is 11.8. The number of hydrogen-bond acceptors (Lipinski definition) is 2. The lowest BCUT2D eigenvalue weighted by Crippen LogP contribution is -1.97. The minimum absolute atomic E-state index is 0.923. The normalized spacial score (nSPS) is 11.2. The molecule has 0 fully saturated rings. The maximum absolute atomic E-state index is 6.14. The Balaban J connectivity index is 1.11. The fourth-order valence-corrected chi connectivity index (χ4v) is 5.82. The average Bonchev–Trinajstić information content (AvgIpc) is 2.98. The molecule has 4 rings (SSSR count). The average molecular weight is 547 g/mol. The number of unbranched alkanes of at least 4 members (excludes halogenated alkanes) is 4. The van der Waals surface area contributed by atoms with Gasteiger partial charge in [0.05, 0.1) is 0 Å². The van der Waals surface area contributed by atoms with Gasteiger partial charge in [0.1, 0.15) is 0 Å². The molecule has 0 bridgehead atoms. The Bertz CT molecular complexity index is 1230. The molecule has 0 heterocycles. The highest BCUT2D eigenvalue weighted by Gasteiger charge is 2.05. The summed E-state index contributed by atoms with van der Waals surface area (Å²) >= 11 is 0. The third-order valence-electron chi connectivity index (χ3n) is 8.25. The second kappa shape index (κ2) is 16.1. The first-order valence-corrected chi connectivity index (χ1v) is 15.9. The van der Waals surface area contributed by atoms with E-state index in [-0.39, 0.29) is 0 Å². The molecule has 0 aliphatic heterocycles. The second-order valence-corrected chi connectivity index (χ2v) is 11.8. The molecular weight excluding hydrogens is 496 g/mol. The maximum atomic E-state index is 6.14. The lowest BCUT2D eigenvalue weighted by molar-refractivity contribution is 0.613. The highest BCUT2D eigenvalue weighted by molar-refractivity contribution is 5.50. The van der Waals surface area contributed by atoms with Gasteiger partial charge in [-0.2, -0.15) is 0 Å². The molecule has 0 aromatic heterocycles. The Hall–Kier alpha value is -3.52. The van der Waals surface area contributed by atoms with Gasteiger partial charge in [0.2, 0.25) is 0 Å². The summed E-state index contributed by atoms with van der Waals surface area (Å²) < 4.78 is 0. The van der Waals surface area contributed by atoms with Crippen molar-refractivity contribution in [3.05, 3.63) is 129 Å². The van der Waals surface area contributed by atoms with Gasteiger partial charge in [0.25, 0.3) is 0 Å². The van der Waals surface area contributed by atoms with Crippen molar-refractivity contribution in [2.75, 3.05) is 11.5 Å². The molecule has 216 valence electrons. The predicted molar refractivity (Wildman–Crippen MR) is 179 cm³/mol. The molecule has 2 nitrogen and oxygen atoms in total. The molecule has 4 aromatic rings. The van der Waals surface area contributed by atoms with Crippen LogP contribution in [-0.2, 0) is 38.5 Å². The molecule has 0 atom stereocenters. The van der Waals surface area contributed by atoms with Crippen LogP contribution in [0.2, 0.25) is 0 Å². The zero-order chi connectivity index (χ0) is 28.9. The van der Waals surface area contributed by atoms with Crippen molar-refractivity contribution < 1.29 is 0 Å². The van der Waals surface area contributed by atoms with Crippen molar-refractivity contribution in [2.24, 2.45) is 0 Å². The minimum Gasteiger partial charge on any atom is -0.399 e. The van der Waals surface area contributed by atoms with Crippen LogP contribution in [0.15, 0.2) is 84.9 Å². The zero-order valence-electron chi connectivity index (χ0n) is 25.4. The molecule has 0 spiro atoms. The first-order chi connectivity index (χ1) is 20.0. The van der Waals surface area contributed by atoms with Crippen molar-refractivity contribution in [1.82, 2.24) is 0 Å². The van der Waals surface area contributed by atoms with E-state index in [1.807, 2.05) is 0 Å². The van der Waals surface area contributed by atoms with Crippen LogP contribution < -0.4 is 11.5 Å². The van der Waals surface area contributed by atoms with Gasteiger partial charge in [-0.1, -0.05) is 119 Å². The smallest absolute Gasteiger partial charge is 0.0346 e. The number of rotatable bonds is 16. The fraction of sp³-hybridized carbons (Fsp3) is 0.385. The Morgan fingerprint density at radius 1 is 0.390 bits per heavy atom. The van der Waals surface area contributed by atoms with Crippen LogP contribution in [0.25, 0.3) is 0 Å². The predicted octanol–water partition coefficient (Wildman–Crippen LogP) is 9.67. The molecule has 0 aliphatic rings. The first kappa shape index (κ1) is 30.4. The van der Waals surface area contributed by atoms with E-state index in [4.69, 9.17) is 11.5 Å². The topological polar surface area (TPSA) is 52.0 Å². The molecule has 0 amide bonds. The number of aryl methyl sites for hydroxylation is 4. The Kier molecular flexibility index (Phi) is 11.9. The summed E-state index contributed by atoms with van der Waals surface area (Å²) in [5.41, 5.74) is 25.1. The van der Waals surface area contributed by atoms with E-state index in [0.29, 0.717) is 0 Å².